The molecule has 5 nitrogen and oxygen atoms in total. The Labute approximate surface area is 167 Å². The van der Waals surface area contributed by atoms with Crippen molar-refractivity contribution in [3.05, 3.63) is 29.8 Å². The van der Waals surface area contributed by atoms with Gasteiger partial charge in [-0.05, 0) is 54.6 Å². The largest absolute Gasteiger partial charge is 0.344 e. The van der Waals surface area contributed by atoms with Gasteiger partial charge in [0.25, 0.3) is 0 Å². The monoisotopic (exact) mass is 392 g/mol. The fourth-order valence-electron chi connectivity index (χ4n) is 3.01. The summed E-state index contributed by atoms with van der Waals surface area (Å²) in [5.74, 6) is 0. The van der Waals surface area contributed by atoms with Crippen molar-refractivity contribution in [2.24, 2.45) is 0 Å². The van der Waals surface area contributed by atoms with Crippen LogP contribution in [-0.4, -0.2) is 46.8 Å². The second-order valence-corrected chi connectivity index (χ2v) is 8.94. The number of unbranched alkanes of at least 4 members (excludes halogenated alkanes) is 1. The number of nitrogens with zero attached hydrogens (tertiary/aromatic N) is 2. The van der Waals surface area contributed by atoms with Crippen molar-refractivity contribution >= 4 is 22.9 Å². The van der Waals surface area contributed by atoms with Gasteiger partial charge in [-0.25, -0.2) is 9.86 Å². The number of rotatable bonds is 7. The van der Waals surface area contributed by atoms with Crippen molar-refractivity contribution in [2.45, 2.75) is 70.2 Å². The van der Waals surface area contributed by atoms with Gasteiger partial charge in [0, 0.05) is 11.4 Å². The molecule has 2 rings (SSSR count). The van der Waals surface area contributed by atoms with Gasteiger partial charge in [0.05, 0.1) is 13.2 Å². The number of likely N-dealkylation sites (N-methyl/N-ethyl adjacent to an activating group) is 1. The van der Waals surface area contributed by atoms with Gasteiger partial charge in [0.1, 0.15) is 6.04 Å². The van der Waals surface area contributed by atoms with Crippen molar-refractivity contribution in [1.29, 1.82) is 0 Å². The number of carbonyl (C=O) groups is 2. The molecule has 1 heterocycles. The highest BCUT2D eigenvalue weighted by atomic mass is 32.2. The first-order chi connectivity index (χ1) is 12.8. The molecule has 2 amide bonds. The molecule has 0 N–H and O–H groups in total. The SMILES string of the molecule is CCCCON1CC[C@@H](C(=O)Sc2ccc(C(C)(C)C)cc2)N(CC)C1=O. The van der Waals surface area contributed by atoms with Crippen LogP contribution in [0.1, 0.15) is 59.4 Å². The van der Waals surface area contributed by atoms with Crippen molar-refractivity contribution in [1.82, 2.24) is 9.96 Å². The number of urea groups is 1. The van der Waals surface area contributed by atoms with Crippen molar-refractivity contribution in [3.63, 3.8) is 0 Å². The molecular formula is C21H32N2O3S. The van der Waals surface area contributed by atoms with Crippen LogP contribution < -0.4 is 0 Å². The maximum atomic E-state index is 12.8. The van der Waals surface area contributed by atoms with Crippen LogP contribution in [0.25, 0.3) is 0 Å². The first kappa shape index (κ1) is 21.8. The summed E-state index contributed by atoms with van der Waals surface area (Å²) >= 11 is 1.22. The first-order valence-electron chi connectivity index (χ1n) is 9.81. The van der Waals surface area contributed by atoms with E-state index in [2.05, 4.69) is 39.8 Å². The fraction of sp³-hybridized carbons (Fsp3) is 0.619. The molecule has 1 aromatic rings. The zero-order valence-electron chi connectivity index (χ0n) is 17.2. The normalized spacial score (nSPS) is 18.1. The topological polar surface area (TPSA) is 49.9 Å². The molecule has 0 radical (unpaired) electrons. The Morgan fingerprint density at radius 2 is 1.89 bits per heavy atom. The second kappa shape index (κ2) is 9.60. The minimum atomic E-state index is -0.402. The second-order valence-electron chi connectivity index (χ2n) is 7.86. The summed E-state index contributed by atoms with van der Waals surface area (Å²) < 4.78 is 0. The lowest BCUT2D eigenvalue weighted by Gasteiger charge is -2.39. The van der Waals surface area contributed by atoms with E-state index in [9.17, 15) is 9.59 Å². The zero-order valence-corrected chi connectivity index (χ0v) is 18.0. The van der Waals surface area contributed by atoms with Crippen LogP contribution in [0.5, 0.6) is 0 Å². The quantitative estimate of drug-likeness (QED) is 0.492. The Hall–Kier alpha value is -1.53. The smallest absolute Gasteiger partial charge is 0.312 e. The highest BCUT2D eigenvalue weighted by Crippen LogP contribution is 2.29. The number of benzene rings is 1. The summed E-state index contributed by atoms with van der Waals surface area (Å²) in [4.78, 5) is 33.6. The van der Waals surface area contributed by atoms with Gasteiger partial charge in [0.15, 0.2) is 0 Å². The molecule has 1 aromatic carbocycles. The van der Waals surface area contributed by atoms with Crippen LogP contribution in [-0.2, 0) is 15.0 Å². The maximum Gasteiger partial charge on any atom is 0.344 e. The van der Waals surface area contributed by atoms with Gasteiger partial charge in [-0.1, -0.05) is 46.2 Å². The fourth-order valence-corrected chi connectivity index (χ4v) is 3.90. The Bertz CT molecular complexity index is 640. The molecule has 0 aliphatic carbocycles. The number of amides is 2. The van der Waals surface area contributed by atoms with E-state index < -0.39 is 6.04 Å². The summed E-state index contributed by atoms with van der Waals surface area (Å²) in [5.41, 5.74) is 1.32. The van der Waals surface area contributed by atoms with Gasteiger partial charge in [-0.3, -0.25) is 9.63 Å². The lowest BCUT2D eigenvalue weighted by atomic mass is 9.87. The standard InChI is InChI=1S/C21H32N2O3S/c1-6-8-15-26-23-14-13-18(22(7-2)20(23)25)19(24)27-17-11-9-16(10-12-17)21(3,4)5/h9-12,18H,6-8,13-15H2,1-5H3/t18-/m0/s1. The average molecular weight is 393 g/mol. The van der Waals surface area contributed by atoms with E-state index in [1.54, 1.807) is 4.90 Å². The lowest BCUT2D eigenvalue weighted by Crippen LogP contribution is -2.56. The molecule has 0 saturated carbocycles. The van der Waals surface area contributed by atoms with E-state index >= 15 is 0 Å². The summed E-state index contributed by atoms with van der Waals surface area (Å²) in [5, 5.41) is 1.42. The van der Waals surface area contributed by atoms with Gasteiger partial charge in [-0.15, -0.1) is 0 Å². The number of hydrogen-bond acceptors (Lipinski definition) is 4. The van der Waals surface area contributed by atoms with E-state index in [1.807, 2.05) is 19.1 Å². The van der Waals surface area contributed by atoms with Gasteiger partial charge < -0.3 is 4.90 Å². The van der Waals surface area contributed by atoms with Crippen molar-refractivity contribution < 1.29 is 14.4 Å². The average Bonchev–Trinajstić information content (AvgIpc) is 2.62. The highest BCUT2D eigenvalue weighted by molar-refractivity contribution is 8.13. The predicted octanol–water partition coefficient (Wildman–Crippen LogP) is 4.85. The molecule has 150 valence electrons. The summed E-state index contributed by atoms with van der Waals surface area (Å²) in [6.45, 7) is 12.0. The zero-order chi connectivity index (χ0) is 20.0. The molecule has 0 unspecified atom stereocenters. The van der Waals surface area contributed by atoms with E-state index in [0.29, 0.717) is 26.1 Å². The van der Waals surface area contributed by atoms with Crippen LogP contribution in [0.4, 0.5) is 4.79 Å². The summed E-state index contributed by atoms with van der Waals surface area (Å²) in [7, 11) is 0. The first-order valence-corrected chi connectivity index (χ1v) is 10.6. The molecule has 1 atom stereocenters. The Kier molecular flexibility index (Phi) is 7.74. The maximum absolute atomic E-state index is 12.8. The van der Waals surface area contributed by atoms with Crippen LogP contribution >= 0.6 is 11.8 Å². The molecule has 6 heteroatoms. The minimum Gasteiger partial charge on any atom is -0.312 e. The number of thioether (sulfide) groups is 1. The summed E-state index contributed by atoms with van der Waals surface area (Å²) in [6.07, 6.45) is 2.53. The number of hydroxylamine groups is 2. The Balaban J connectivity index is 2.00. The van der Waals surface area contributed by atoms with E-state index in [0.717, 1.165) is 17.7 Å². The third-order valence-electron chi connectivity index (χ3n) is 4.74. The van der Waals surface area contributed by atoms with Crippen LogP contribution in [0.15, 0.2) is 29.2 Å². The van der Waals surface area contributed by atoms with Gasteiger partial charge in [0.2, 0.25) is 5.12 Å². The predicted molar refractivity (Wildman–Crippen MR) is 110 cm³/mol. The minimum absolute atomic E-state index is 0.0157. The van der Waals surface area contributed by atoms with E-state index in [4.69, 9.17) is 4.84 Å². The molecule has 1 fully saturated rings. The van der Waals surface area contributed by atoms with Crippen LogP contribution in [0.2, 0.25) is 0 Å². The highest BCUT2D eigenvalue weighted by Gasteiger charge is 2.37. The number of hydrogen-bond donors (Lipinski definition) is 0. The van der Waals surface area contributed by atoms with Gasteiger partial charge >= 0.3 is 6.03 Å². The molecule has 0 spiro atoms. The van der Waals surface area contributed by atoms with E-state index in [-0.39, 0.29) is 16.6 Å². The van der Waals surface area contributed by atoms with Crippen molar-refractivity contribution in [3.8, 4) is 0 Å². The third kappa shape index (κ3) is 5.72. The van der Waals surface area contributed by atoms with Gasteiger partial charge in [-0.2, -0.15) is 0 Å². The molecular weight excluding hydrogens is 360 g/mol. The Morgan fingerprint density at radius 1 is 1.22 bits per heavy atom. The van der Waals surface area contributed by atoms with Crippen molar-refractivity contribution in [2.75, 3.05) is 19.7 Å². The molecule has 1 aliphatic heterocycles. The van der Waals surface area contributed by atoms with E-state index in [1.165, 1.54) is 22.4 Å². The van der Waals surface area contributed by atoms with Crippen LogP contribution in [0, 0.1) is 0 Å². The molecule has 0 bridgehead atoms. The molecule has 27 heavy (non-hydrogen) atoms. The van der Waals surface area contributed by atoms with Crippen LogP contribution in [0.3, 0.4) is 0 Å². The molecule has 1 saturated heterocycles. The molecule has 0 aromatic heterocycles. The Morgan fingerprint density at radius 3 is 2.44 bits per heavy atom. The third-order valence-corrected chi connectivity index (χ3v) is 5.72. The number of carbonyl (C=O) groups excluding carboxylic acids is 2. The lowest BCUT2D eigenvalue weighted by molar-refractivity contribution is -0.146. The molecule has 1 aliphatic rings. The summed E-state index contributed by atoms with van der Waals surface area (Å²) in [6, 6.07) is 7.52.